The minimum absolute atomic E-state index is 0.510. The van der Waals surface area contributed by atoms with Gasteiger partial charge in [-0.3, -0.25) is 0 Å². The van der Waals surface area contributed by atoms with E-state index in [1.54, 1.807) is 6.07 Å². The van der Waals surface area contributed by atoms with Gasteiger partial charge in [-0.1, -0.05) is 6.07 Å². The van der Waals surface area contributed by atoms with E-state index in [0.29, 0.717) is 11.0 Å². The number of aryl methyl sites for hydroxylation is 2. The molecule has 0 radical (unpaired) electrons. The summed E-state index contributed by atoms with van der Waals surface area (Å²) in [7, 11) is 0. The predicted octanol–water partition coefficient (Wildman–Crippen LogP) is 2.53. The van der Waals surface area contributed by atoms with Gasteiger partial charge in [0.05, 0.1) is 0 Å². The van der Waals surface area contributed by atoms with Crippen molar-refractivity contribution in [3.05, 3.63) is 35.2 Å². The van der Waals surface area contributed by atoms with E-state index in [1.165, 1.54) is 11.8 Å². The van der Waals surface area contributed by atoms with Crippen molar-refractivity contribution in [3.63, 3.8) is 0 Å². The largest absolute Gasteiger partial charge is 0.384 e. The van der Waals surface area contributed by atoms with Gasteiger partial charge in [0.25, 0.3) is 0 Å². The molecular formula is C12H14N4S. The number of rotatable bonds is 2. The van der Waals surface area contributed by atoms with Gasteiger partial charge >= 0.3 is 0 Å². The molecular weight excluding hydrogens is 232 g/mol. The molecule has 0 fully saturated rings. The van der Waals surface area contributed by atoms with E-state index in [2.05, 4.69) is 15.0 Å². The van der Waals surface area contributed by atoms with Gasteiger partial charge in [-0.15, -0.1) is 0 Å². The molecule has 2 rings (SSSR count). The highest BCUT2D eigenvalue weighted by Crippen LogP contribution is 2.24. The second-order valence-corrected chi connectivity index (χ2v) is 4.79. The molecule has 0 saturated heterocycles. The summed E-state index contributed by atoms with van der Waals surface area (Å²) in [5.41, 5.74) is 8.77. The number of pyridine rings is 1. The average Bonchev–Trinajstić information content (AvgIpc) is 2.26. The summed E-state index contributed by atoms with van der Waals surface area (Å²) in [5, 5.41) is 1.52. The third kappa shape index (κ3) is 2.74. The van der Waals surface area contributed by atoms with Crippen LogP contribution in [0.4, 0.5) is 5.82 Å². The van der Waals surface area contributed by atoms with Gasteiger partial charge in [-0.25, -0.2) is 15.0 Å². The second kappa shape index (κ2) is 4.71. The Morgan fingerprint density at radius 2 is 1.65 bits per heavy atom. The molecule has 2 aromatic heterocycles. The molecule has 0 atom stereocenters. The van der Waals surface area contributed by atoms with E-state index >= 15 is 0 Å². The van der Waals surface area contributed by atoms with Crippen molar-refractivity contribution in [2.24, 2.45) is 0 Å². The number of nitrogens with zero attached hydrogens (tertiary/aromatic N) is 3. The number of hydrogen-bond acceptors (Lipinski definition) is 5. The minimum Gasteiger partial charge on any atom is -0.384 e. The molecule has 0 bridgehead atoms. The van der Waals surface area contributed by atoms with Crippen molar-refractivity contribution in [3.8, 4) is 0 Å². The quantitative estimate of drug-likeness (QED) is 0.825. The van der Waals surface area contributed by atoms with Crippen LogP contribution in [0.25, 0.3) is 0 Å². The van der Waals surface area contributed by atoms with Crippen LogP contribution in [-0.2, 0) is 0 Å². The van der Waals surface area contributed by atoms with E-state index in [-0.39, 0.29) is 0 Å². The Balaban J connectivity index is 2.31. The molecule has 2 N–H and O–H groups in total. The fourth-order valence-electron chi connectivity index (χ4n) is 1.37. The standard InChI is InChI=1S/C12H14N4S/c1-7-8(2)14-12(15-9(7)3)17-11-6-4-5-10(13)16-11/h4-6H,1-3H3,(H2,13,16). The Hall–Kier alpha value is -1.62. The molecule has 17 heavy (non-hydrogen) atoms. The topological polar surface area (TPSA) is 64.7 Å². The lowest BCUT2D eigenvalue weighted by Crippen LogP contribution is -1.98. The van der Waals surface area contributed by atoms with Crippen LogP contribution in [0.15, 0.2) is 28.4 Å². The molecule has 0 aromatic carbocycles. The fraction of sp³-hybridized carbons (Fsp3) is 0.250. The first kappa shape index (κ1) is 11.9. The van der Waals surface area contributed by atoms with Gasteiger partial charge in [0, 0.05) is 11.4 Å². The molecule has 0 spiro atoms. The molecule has 0 saturated carbocycles. The number of nitrogen functional groups attached to an aromatic ring is 1. The maximum absolute atomic E-state index is 5.63. The Morgan fingerprint density at radius 1 is 1.00 bits per heavy atom. The van der Waals surface area contributed by atoms with Crippen molar-refractivity contribution < 1.29 is 0 Å². The first-order valence-corrected chi connectivity index (χ1v) is 6.10. The third-order valence-corrected chi connectivity index (χ3v) is 3.35. The molecule has 4 nitrogen and oxygen atoms in total. The molecule has 0 aliphatic carbocycles. The van der Waals surface area contributed by atoms with Gasteiger partial charge in [0.1, 0.15) is 10.8 Å². The van der Waals surface area contributed by atoms with Gasteiger partial charge < -0.3 is 5.73 Å². The zero-order chi connectivity index (χ0) is 12.4. The maximum Gasteiger partial charge on any atom is 0.194 e. The monoisotopic (exact) mass is 246 g/mol. The highest BCUT2D eigenvalue weighted by molar-refractivity contribution is 7.99. The summed E-state index contributed by atoms with van der Waals surface area (Å²) in [5.74, 6) is 0.510. The zero-order valence-electron chi connectivity index (χ0n) is 10.1. The fourth-order valence-corrected chi connectivity index (χ4v) is 2.22. The highest BCUT2D eigenvalue weighted by Gasteiger charge is 2.07. The van der Waals surface area contributed by atoms with Crippen molar-refractivity contribution in [1.82, 2.24) is 15.0 Å². The summed E-state index contributed by atoms with van der Waals surface area (Å²) in [6, 6.07) is 5.53. The summed E-state index contributed by atoms with van der Waals surface area (Å²) >= 11 is 1.43. The highest BCUT2D eigenvalue weighted by atomic mass is 32.2. The molecule has 2 heterocycles. The molecule has 0 unspecified atom stereocenters. The Morgan fingerprint density at radius 3 is 2.24 bits per heavy atom. The summed E-state index contributed by atoms with van der Waals surface area (Å²) in [6.07, 6.45) is 0. The molecule has 0 amide bonds. The lowest BCUT2D eigenvalue weighted by Gasteiger charge is -2.06. The summed E-state index contributed by atoms with van der Waals surface area (Å²) in [6.45, 7) is 6.00. The Kier molecular flexibility index (Phi) is 3.28. The van der Waals surface area contributed by atoms with E-state index < -0.39 is 0 Å². The van der Waals surface area contributed by atoms with Crippen molar-refractivity contribution >= 4 is 17.6 Å². The first-order chi connectivity index (χ1) is 8.06. The zero-order valence-corrected chi connectivity index (χ0v) is 10.9. The second-order valence-electron chi connectivity index (χ2n) is 3.80. The van der Waals surface area contributed by atoms with Crippen molar-refractivity contribution in [1.29, 1.82) is 0 Å². The van der Waals surface area contributed by atoms with Crippen molar-refractivity contribution in [2.75, 3.05) is 5.73 Å². The van der Waals surface area contributed by atoms with Crippen LogP contribution in [0.1, 0.15) is 17.0 Å². The minimum atomic E-state index is 0.510. The van der Waals surface area contributed by atoms with Crippen LogP contribution in [0.5, 0.6) is 0 Å². The number of nitrogens with two attached hydrogens (primary N) is 1. The van der Waals surface area contributed by atoms with Gasteiger partial charge in [-0.05, 0) is 50.2 Å². The van der Waals surface area contributed by atoms with E-state index in [9.17, 15) is 0 Å². The molecule has 5 heteroatoms. The lowest BCUT2D eigenvalue weighted by atomic mass is 10.2. The summed E-state index contributed by atoms with van der Waals surface area (Å²) < 4.78 is 0. The number of aromatic nitrogens is 3. The molecule has 0 aliphatic heterocycles. The van der Waals surface area contributed by atoms with Crippen LogP contribution in [0, 0.1) is 20.8 Å². The molecule has 0 aliphatic rings. The van der Waals surface area contributed by atoms with Gasteiger partial charge in [0.2, 0.25) is 0 Å². The van der Waals surface area contributed by atoms with E-state index in [4.69, 9.17) is 5.73 Å². The van der Waals surface area contributed by atoms with Crippen LogP contribution in [0.2, 0.25) is 0 Å². The average molecular weight is 246 g/mol. The van der Waals surface area contributed by atoms with Crippen LogP contribution in [0.3, 0.4) is 0 Å². The summed E-state index contributed by atoms with van der Waals surface area (Å²) in [4.78, 5) is 13.1. The third-order valence-electron chi connectivity index (χ3n) is 2.55. The van der Waals surface area contributed by atoms with E-state index in [0.717, 1.165) is 22.0 Å². The van der Waals surface area contributed by atoms with Crippen molar-refractivity contribution in [2.45, 2.75) is 31.0 Å². The van der Waals surface area contributed by atoms with E-state index in [1.807, 2.05) is 32.9 Å². The SMILES string of the molecule is Cc1nc(Sc2cccc(N)n2)nc(C)c1C. The normalized spacial score (nSPS) is 10.5. The number of anilines is 1. The van der Waals surface area contributed by atoms with Crippen LogP contribution >= 0.6 is 11.8 Å². The van der Waals surface area contributed by atoms with Crippen LogP contribution in [-0.4, -0.2) is 15.0 Å². The lowest BCUT2D eigenvalue weighted by molar-refractivity contribution is 0.878. The molecule has 88 valence electrons. The smallest absolute Gasteiger partial charge is 0.194 e. The maximum atomic E-state index is 5.63. The Labute approximate surface area is 105 Å². The van der Waals surface area contributed by atoms with Gasteiger partial charge in [-0.2, -0.15) is 0 Å². The van der Waals surface area contributed by atoms with Crippen LogP contribution < -0.4 is 5.73 Å². The predicted molar refractivity (Wildman–Crippen MR) is 69.0 cm³/mol. The molecule has 2 aromatic rings. The Bertz CT molecular complexity index is 531. The first-order valence-electron chi connectivity index (χ1n) is 5.28. The number of hydrogen-bond donors (Lipinski definition) is 1. The van der Waals surface area contributed by atoms with Gasteiger partial charge in [0.15, 0.2) is 5.16 Å².